The number of fused-ring (bicyclic) bond motifs is 1. The van der Waals surface area contributed by atoms with Crippen molar-refractivity contribution in [2.75, 3.05) is 0 Å². The zero-order chi connectivity index (χ0) is 11.0. The lowest BCUT2D eigenvalue weighted by atomic mass is 10.3. The quantitative estimate of drug-likeness (QED) is 0.645. The number of pyridine rings is 1. The van der Waals surface area contributed by atoms with Gasteiger partial charge in [-0.1, -0.05) is 11.6 Å². The zero-order valence-corrected chi connectivity index (χ0v) is 8.96. The number of hydrogen-bond acceptors (Lipinski definition) is 3. The van der Waals surface area contributed by atoms with Gasteiger partial charge in [-0.15, -0.1) is 0 Å². The summed E-state index contributed by atoms with van der Waals surface area (Å²) in [5.41, 5.74) is 1.70. The molecule has 0 N–H and O–H groups in total. The fraction of sp³-hybridized carbons (Fsp3) is 0. The van der Waals surface area contributed by atoms with E-state index in [1.165, 1.54) is 0 Å². The van der Waals surface area contributed by atoms with Gasteiger partial charge in [-0.25, -0.2) is 14.5 Å². The minimum Gasteiger partial charge on any atom is -0.239 e. The molecular weight excluding hydrogens is 224 g/mol. The molecule has 0 saturated carbocycles. The lowest BCUT2D eigenvalue weighted by molar-refractivity contribution is 0.955. The van der Waals surface area contributed by atoms with Gasteiger partial charge in [0.05, 0.1) is 10.5 Å². The summed E-state index contributed by atoms with van der Waals surface area (Å²) in [6.07, 6.45) is 5.14. The molecule has 5 heteroatoms. The van der Waals surface area contributed by atoms with Crippen LogP contribution in [-0.4, -0.2) is 19.6 Å². The number of hydrogen-bond donors (Lipinski definition) is 0. The molecule has 0 aliphatic rings. The van der Waals surface area contributed by atoms with Gasteiger partial charge < -0.3 is 0 Å². The Kier molecular flexibility index (Phi) is 2.08. The van der Waals surface area contributed by atoms with Crippen molar-refractivity contribution in [3.63, 3.8) is 0 Å². The second kappa shape index (κ2) is 3.57. The maximum atomic E-state index is 5.88. The molecule has 0 amide bonds. The van der Waals surface area contributed by atoms with E-state index >= 15 is 0 Å². The normalized spacial score (nSPS) is 10.8. The Bertz CT molecular complexity index is 633. The monoisotopic (exact) mass is 230 g/mol. The summed E-state index contributed by atoms with van der Waals surface area (Å²) < 4.78 is 1.72. The molecule has 0 aromatic carbocycles. The first-order valence-corrected chi connectivity index (χ1v) is 5.13. The van der Waals surface area contributed by atoms with Crippen LogP contribution in [0, 0.1) is 0 Å². The van der Waals surface area contributed by atoms with E-state index in [4.69, 9.17) is 11.6 Å². The highest BCUT2D eigenvalue weighted by Crippen LogP contribution is 2.17. The summed E-state index contributed by atoms with van der Waals surface area (Å²) in [7, 11) is 0. The van der Waals surface area contributed by atoms with E-state index in [1.54, 1.807) is 29.2 Å². The highest BCUT2D eigenvalue weighted by Gasteiger charge is 2.06. The Morgan fingerprint density at radius 1 is 1.12 bits per heavy atom. The van der Waals surface area contributed by atoms with Gasteiger partial charge >= 0.3 is 0 Å². The molecule has 0 aliphatic carbocycles. The second-order valence-electron chi connectivity index (χ2n) is 3.32. The number of aromatic nitrogens is 4. The average molecular weight is 231 g/mol. The lowest BCUT2D eigenvalue weighted by Crippen LogP contribution is -1.89. The standard InChI is InChI=1S/C11H7ClN4/c12-8-2-3-9-6-10(15-16(9)7-8)11-13-4-1-5-14-11/h1-7H. The molecule has 78 valence electrons. The van der Waals surface area contributed by atoms with Crippen molar-refractivity contribution in [1.29, 1.82) is 0 Å². The molecule has 3 aromatic rings. The molecule has 0 radical (unpaired) electrons. The van der Waals surface area contributed by atoms with Crippen LogP contribution in [0.5, 0.6) is 0 Å². The third kappa shape index (κ3) is 1.53. The van der Waals surface area contributed by atoms with Crippen LogP contribution in [0.2, 0.25) is 5.02 Å². The highest BCUT2D eigenvalue weighted by molar-refractivity contribution is 6.30. The van der Waals surface area contributed by atoms with Crippen molar-refractivity contribution in [2.45, 2.75) is 0 Å². The van der Waals surface area contributed by atoms with Gasteiger partial charge in [0.15, 0.2) is 5.82 Å². The first-order chi connectivity index (χ1) is 7.83. The van der Waals surface area contributed by atoms with Crippen LogP contribution in [0.1, 0.15) is 0 Å². The van der Waals surface area contributed by atoms with Crippen LogP contribution in [0.3, 0.4) is 0 Å². The molecule has 4 nitrogen and oxygen atoms in total. The third-order valence-corrected chi connectivity index (χ3v) is 2.44. The van der Waals surface area contributed by atoms with Gasteiger partial charge in [-0.2, -0.15) is 5.10 Å². The van der Waals surface area contributed by atoms with Crippen LogP contribution in [0.15, 0.2) is 42.9 Å². The first-order valence-electron chi connectivity index (χ1n) is 4.75. The van der Waals surface area contributed by atoms with E-state index < -0.39 is 0 Å². The molecule has 0 saturated heterocycles. The number of halogens is 1. The van der Waals surface area contributed by atoms with Crippen LogP contribution in [0.4, 0.5) is 0 Å². The largest absolute Gasteiger partial charge is 0.239 e. The predicted octanol–water partition coefficient (Wildman–Crippen LogP) is 2.44. The van der Waals surface area contributed by atoms with Crippen molar-refractivity contribution >= 4 is 17.1 Å². The Labute approximate surface area is 96.5 Å². The van der Waals surface area contributed by atoms with E-state index in [1.807, 2.05) is 18.2 Å². The van der Waals surface area contributed by atoms with Gasteiger partial charge in [-0.3, -0.25) is 0 Å². The van der Waals surface area contributed by atoms with E-state index in [0.29, 0.717) is 10.8 Å². The van der Waals surface area contributed by atoms with E-state index in [2.05, 4.69) is 15.1 Å². The Hall–Kier alpha value is -1.94. The first kappa shape index (κ1) is 9.30. The molecule has 0 aliphatic heterocycles. The van der Waals surface area contributed by atoms with Crippen molar-refractivity contribution in [3.8, 4) is 11.5 Å². The van der Waals surface area contributed by atoms with Crippen molar-refractivity contribution in [3.05, 3.63) is 47.9 Å². The molecule has 3 rings (SSSR count). The smallest absolute Gasteiger partial charge is 0.180 e. The zero-order valence-electron chi connectivity index (χ0n) is 8.21. The third-order valence-electron chi connectivity index (χ3n) is 2.22. The van der Waals surface area contributed by atoms with Crippen LogP contribution in [0.25, 0.3) is 17.0 Å². The number of rotatable bonds is 1. The molecule has 0 atom stereocenters. The SMILES string of the molecule is Clc1ccc2cc(-c3ncccn3)nn2c1. The molecule has 3 heterocycles. The Morgan fingerprint density at radius 2 is 1.94 bits per heavy atom. The molecule has 0 bridgehead atoms. The lowest BCUT2D eigenvalue weighted by Gasteiger charge is -1.92. The molecule has 0 spiro atoms. The molecule has 3 aromatic heterocycles. The van der Waals surface area contributed by atoms with Crippen molar-refractivity contribution in [1.82, 2.24) is 19.6 Å². The van der Waals surface area contributed by atoms with Crippen molar-refractivity contribution < 1.29 is 0 Å². The van der Waals surface area contributed by atoms with Crippen LogP contribution >= 0.6 is 11.6 Å². The summed E-state index contributed by atoms with van der Waals surface area (Å²) in [6, 6.07) is 7.43. The average Bonchev–Trinajstić information content (AvgIpc) is 2.73. The van der Waals surface area contributed by atoms with E-state index in [9.17, 15) is 0 Å². The molecule has 0 fully saturated rings. The van der Waals surface area contributed by atoms with Gasteiger partial charge in [0.25, 0.3) is 0 Å². The fourth-order valence-corrected chi connectivity index (χ4v) is 1.66. The Balaban J connectivity index is 2.19. The summed E-state index contributed by atoms with van der Waals surface area (Å²) in [5.74, 6) is 0.613. The van der Waals surface area contributed by atoms with Crippen LogP contribution < -0.4 is 0 Å². The summed E-state index contributed by atoms with van der Waals surface area (Å²) in [4.78, 5) is 8.29. The van der Waals surface area contributed by atoms with Crippen molar-refractivity contribution in [2.24, 2.45) is 0 Å². The maximum absolute atomic E-state index is 5.88. The second-order valence-corrected chi connectivity index (χ2v) is 3.76. The summed E-state index contributed by atoms with van der Waals surface area (Å²) >= 11 is 5.88. The van der Waals surface area contributed by atoms with Gasteiger partial charge in [-0.05, 0) is 24.3 Å². The maximum Gasteiger partial charge on any atom is 0.180 e. The number of nitrogens with zero attached hydrogens (tertiary/aromatic N) is 4. The van der Waals surface area contributed by atoms with E-state index in [0.717, 1.165) is 11.2 Å². The molecular formula is C11H7ClN4. The molecule has 0 unspecified atom stereocenters. The minimum atomic E-state index is 0.613. The summed E-state index contributed by atoms with van der Waals surface area (Å²) in [5, 5.41) is 5.00. The fourth-order valence-electron chi connectivity index (χ4n) is 1.50. The van der Waals surface area contributed by atoms with Gasteiger partial charge in [0, 0.05) is 18.6 Å². The van der Waals surface area contributed by atoms with Gasteiger partial charge in [0.1, 0.15) is 5.69 Å². The Morgan fingerprint density at radius 3 is 2.75 bits per heavy atom. The topological polar surface area (TPSA) is 43.1 Å². The van der Waals surface area contributed by atoms with Gasteiger partial charge in [0.2, 0.25) is 0 Å². The predicted molar refractivity (Wildman–Crippen MR) is 61.2 cm³/mol. The minimum absolute atomic E-state index is 0.613. The molecule has 16 heavy (non-hydrogen) atoms. The summed E-state index contributed by atoms with van der Waals surface area (Å²) in [6.45, 7) is 0. The van der Waals surface area contributed by atoms with E-state index in [-0.39, 0.29) is 0 Å². The highest BCUT2D eigenvalue weighted by atomic mass is 35.5. The van der Waals surface area contributed by atoms with Crippen LogP contribution in [-0.2, 0) is 0 Å².